The number of sulfonamides is 1. The molecule has 4 aliphatic rings. The molecule has 70 heavy (non-hydrogen) atoms. The van der Waals surface area contributed by atoms with E-state index in [9.17, 15) is 15.0 Å². The minimum absolute atomic E-state index is 0.0191. The number of unbranched alkanes of at least 4 members (excludes halogenated alkanes) is 11. The Labute approximate surface area is 416 Å². The lowest BCUT2D eigenvalue weighted by Gasteiger charge is -2.59. The number of para-hydroxylation sites is 1. The van der Waals surface area contributed by atoms with Crippen LogP contribution < -0.4 is 14.8 Å². The molecule has 14 nitrogen and oxygen atoms in total. The Bertz CT molecular complexity index is 2330. The van der Waals surface area contributed by atoms with Crippen LogP contribution in [0.5, 0.6) is 11.5 Å². The standard InChI is InChI=1S/C55H78N4O10S/c1-4-6-7-8-9-10-11-12-13-17-31-57-54(62)67-42-29-30-47-45(38-42)51-43(26-15-19-34-61)41(23-14-18-33-60)37-44-46(58-69-50-28-16-20-36-65-50)39-49(55(68-47,52(44)51)66-35-5-2)59(3)70(63,64)48-27-21-24-40-25-22-32-56-53(40)48/h5,21-22,24-25,27,29-30,32,37-38,41,43,49-52,60-61H,2,4,6-20,23,26,28,31,33-36,39H2,1,3H3,(H,57,62). The monoisotopic (exact) mass is 987 g/mol. The van der Waals surface area contributed by atoms with Gasteiger partial charge in [0.05, 0.1) is 36.4 Å². The van der Waals surface area contributed by atoms with Gasteiger partial charge in [0.15, 0.2) is 0 Å². The molecule has 15 heteroatoms. The highest BCUT2D eigenvalue weighted by molar-refractivity contribution is 7.89. The highest BCUT2D eigenvalue weighted by Gasteiger charge is 2.66. The van der Waals surface area contributed by atoms with Crippen molar-refractivity contribution < 1.29 is 47.2 Å². The van der Waals surface area contributed by atoms with E-state index >= 15 is 8.42 Å². The van der Waals surface area contributed by atoms with Crippen LogP contribution in [0.1, 0.15) is 147 Å². The lowest BCUT2D eigenvalue weighted by atomic mass is 9.55. The Morgan fingerprint density at radius 2 is 1.70 bits per heavy atom. The van der Waals surface area contributed by atoms with Gasteiger partial charge in [-0.3, -0.25) is 4.98 Å². The SMILES string of the molecule is C=CCOC12Oc3ccc(OC(=O)NCCCCCCCCCCCC)cc3C3C(CCCCO)C(CCCCO)C=C(C(=NOC4CCCCO4)CC1N(C)S(=O)(=O)c1cccc4cccnc14)C32. The second-order valence-electron chi connectivity index (χ2n) is 19.5. The number of aliphatic hydroxyl groups is 2. The van der Waals surface area contributed by atoms with Crippen molar-refractivity contribution in [3.63, 3.8) is 0 Å². The fourth-order valence-corrected chi connectivity index (χ4v) is 12.8. The quantitative estimate of drug-likeness (QED) is 0.0358. The number of nitrogens with zero attached hydrogens (tertiary/aromatic N) is 3. The first kappa shape index (κ1) is 53.4. The molecule has 2 fully saturated rings. The molecule has 1 saturated carbocycles. The summed E-state index contributed by atoms with van der Waals surface area (Å²) in [6.45, 7) is 7.47. The predicted molar refractivity (Wildman–Crippen MR) is 272 cm³/mol. The van der Waals surface area contributed by atoms with Crippen LogP contribution in [0.3, 0.4) is 0 Å². The van der Waals surface area contributed by atoms with Gasteiger partial charge in [-0.15, -0.1) is 6.58 Å². The first-order valence-electron chi connectivity index (χ1n) is 26.3. The topological polar surface area (TPSA) is 178 Å². The van der Waals surface area contributed by atoms with Gasteiger partial charge in [0.1, 0.15) is 16.4 Å². The van der Waals surface area contributed by atoms with Gasteiger partial charge in [-0.25, -0.2) is 13.2 Å². The number of oxime groups is 1. The van der Waals surface area contributed by atoms with Gasteiger partial charge < -0.3 is 39.3 Å². The molecule has 2 aliphatic carbocycles. The third-order valence-corrected chi connectivity index (χ3v) is 16.7. The lowest BCUT2D eigenvalue weighted by molar-refractivity contribution is -0.250. The first-order valence-corrected chi connectivity index (χ1v) is 27.7. The van der Waals surface area contributed by atoms with Crippen LogP contribution in [-0.2, 0) is 24.3 Å². The van der Waals surface area contributed by atoms with Crippen LogP contribution in [0.25, 0.3) is 10.9 Å². The van der Waals surface area contributed by atoms with E-state index < -0.39 is 40.2 Å². The van der Waals surface area contributed by atoms with E-state index in [0.29, 0.717) is 60.5 Å². The summed E-state index contributed by atoms with van der Waals surface area (Å²) in [6.07, 6.45) is 23.2. The molecule has 1 aromatic heterocycles. The Morgan fingerprint density at radius 1 is 0.957 bits per heavy atom. The largest absolute Gasteiger partial charge is 0.460 e. The average molecular weight is 987 g/mol. The zero-order valence-corrected chi connectivity index (χ0v) is 42.4. The van der Waals surface area contributed by atoms with Crippen LogP contribution >= 0.6 is 0 Å². The third kappa shape index (κ3) is 12.8. The number of hydrogen-bond acceptors (Lipinski definition) is 12. The highest BCUT2D eigenvalue weighted by atomic mass is 32.2. The van der Waals surface area contributed by atoms with E-state index in [-0.39, 0.29) is 48.9 Å². The van der Waals surface area contributed by atoms with E-state index in [1.165, 1.54) is 49.3 Å². The molecule has 1 saturated heterocycles. The van der Waals surface area contributed by atoms with Gasteiger partial charge in [0.25, 0.3) is 0 Å². The fraction of sp³-hybridized carbons (Fsp3) is 0.618. The molecule has 7 atom stereocenters. The molecule has 7 unspecified atom stereocenters. The molecular formula is C55H78N4O10S. The van der Waals surface area contributed by atoms with Gasteiger partial charge in [-0.1, -0.05) is 113 Å². The number of carbonyl (C=O) groups is 1. The van der Waals surface area contributed by atoms with Gasteiger partial charge in [-0.2, -0.15) is 4.31 Å². The maximum absolute atomic E-state index is 15.3. The molecule has 2 aromatic carbocycles. The van der Waals surface area contributed by atoms with Crippen molar-refractivity contribution in [2.45, 2.75) is 164 Å². The third-order valence-electron chi connectivity index (χ3n) is 14.8. The van der Waals surface area contributed by atoms with Gasteiger partial charge in [0, 0.05) is 62.7 Å². The molecule has 0 bridgehead atoms. The maximum Gasteiger partial charge on any atom is 0.412 e. The number of amides is 1. The summed E-state index contributed by atoms with van der Waals surface area (Å²) < 4.78 is 58.2. The van der Waals surface area contributed by atoms with Crippen LogP contribution in [0.2, 0.25) is 0 Å². The summed E-state index contributed by atoms with van der Waals surface area (Å²) in [7, 11) is -2.74. The number of pyridine rings is 1. The zero-order valence-electron chi connectivity index (χ0n) is 41.6. The van der Waals surface area contributed by atoms with Crippen molar-refractivity contribution >= 4 is 32.7 Å². The number of nitrogens with one attached hydrogen (secondary N) is 1. The van der Waals surface area contributed by atoms with Crippen molar-refractivity contribution in [2.24, 2.45) is 22.9 Å². The molecule has 7 rings (SSSR count). The minimum atomic E-state index is -4.31. The Balaban J connectivity index is 1.28. The van der Waals surface area contributed by atoms with E-state index in [2.05, 4.69) is 29.9 Å². The molecular weight excluding hydrogens is 909 g/mol. The van der Waals surface area contributed by atoms with E-state index in [4.69, 9.17) is 28.9 Å². The summed E-state index contributed by atoms with van der Waals surface area (Å²) in [5.41, 5.74) is 2.55. The van der Waals surface area contributed by atoms with Crippen molar-refractivity contribution in [2.75, 3.05) is 40.0 Å². The van der Waals surface area contributed by atoms with Gasteiger partial charge in [0.2, 0.25) is 22.1 Å². The van der Waals surface area contributed by atoms with Crippen LogP contribution in [0, 0.1) is 17.8 Å². The summed E-state index contributed by atoms with van der Waals surface area (Å²) in [5.74, 6) is -1.90. The first-order chi connectivity index (χ1) is 34.2. The molecule has 3 N–H and O–H groups in total. The number of likely N-dealkylation sites (N-methyl/N-ethyl adjacent to an activating group) is 1. The second-order valence-corrected chi connectivity index (χ2v) is 21.5. The molecule has 0 radical (unpaired) electrons. The molecule has 1 amide bonds. The highest BCUT2D eigenvalue weighted by Crippen LogP contribution is 2.62. The molecule has 384 valence electrons. The molecule has 3 aromatic rings. The summed E-state index contributed by atoms with van der Waals surface area (Å²) >= 11 is 0. The summed E-state index contributed by atoms with van der Waals surface area (Å²) in [5, 5.41) is 28.5. The van der Waals surface area contributed by atoms with E-state index in [1.807, 2.05) is 18.2 Å². The van der Waals surface area contributed by atoms with Crippen molar-refractivity contribution in [1.29, 1.82) is 0 Å². The number of rotatable bonds is 28. The number of benzene rings is 2. The summed E-state index contributed by atoms with van der Waals surface area (Å²) in [4.78, 5) is 24.2. The number of hydrogen-bond donors (Lipinski definition) is 3. The fourth-order valence-electron chi connectivity index (χ4n) is 11.2. The number of aromatic nitrogens is 1. The number of aliphatic hydroxyl groups excluding tert-OH is 2. The second kappa shape index (κ2) is 26.4. The van der Waals surface area contributed by atoms with E-state index in [1.54, 1.807) is 49.7 Å². The molecule has 0 spiro atoms. The minimum Gasteiger partial charge on any atom is -0.460 e. The number of allylic oxidation sites excluding steroid dienone is 1. The summed E-state index contributed by atoms with van der Waals surface area (Å²) in [6, 6.07) is 13.2. The zero-order chi connectivity index (χ0) is 49.4. The smallest absolute Gasteiger partial charge is 0.412 e. The van der Waals surface area contributed by atoms with Crippen molar-refractivity contribution in [3.05, 3.63) is 84.6 Å². The van der Waals surface area contributed by atoms with Crippen molar-refractivity contribution in [1.82, 2.24) is 14.6 Å². The Hall–Kier alpha value is -4.38. The van der Waals surface area contributed by atoms with Crippen LogP contribution in [0.15, 0.2) is 89.1 Å². The van der Waals surface area contributed by atoms with Gasteiger partial charge >= 0.3 is 6.09 Å². The van der Waals surface area contributed by atoms with Crippen LogP contribution in [-0.4, -0.2) is 97.9 Å². The molecule has 2 aliphatic heterocycles. The number of fused-ring (bicyclic) bond motifs is 3. The van der Waals surface area contributed by atoms with Crippen molar-refractivity contribution in [3.8, 4) is 11.5 Å². The Kier molecular flexibility index (Phi) is 20.1. The maximum atomic E-state index is 15.3. The number of ether oxygens (including phenoxy) is 4. The normalized spacial score (nSPS) is 24.6. The lowest BCUT2D eigenvalue weighted by Crippen LogP contribution is -2.69. The average Bonchev–Trinajstić information content (AvgIpc) is 3.37. The molecule has 3 heterocycles. The van der Waals surface area contributed by atoms with Crippen LogP contribution in [0.4, 0.5) is 4.79 Å². The Morgan fingerprint density at radius 3 is 2.43 bits per heavy atom. The number of carbonyl (C=O) groups excluding carboxylic acids is 1. The van der Waals surface area contributed by atoms with E-state index in [0.717, 1.165) is 68.9 Å². The predicted octanol–water partition coefficient (Wildman–Crippen LogP) is 10.7. The van der Waals surface area contributed by atoms with Gasteiger partial charge in [-0.05, 0) is 92.7 Å².